The fourth-order valence-corrected chi connectivity index (χ4v) is 15.5. The summed E-state index contributed by atoms with van der Waals surface area (Å²) in [5, 5.41) is 0. The lowest BCUT2D eigenvalue weighted by Gasteiger charge is -2.43. The van der Waals surface area contributed by atoms with Gasteiger partial charge < -0.3 is 0 Å². The van der Waals surface area contributed by atoms with Crippen molar-refractivity contribution < 1.29 is 0 Å². The highest BCUT2D eigenvalue weighted by Crippen LogP contribution is 2.50. The fraction of sp³-hybridized carbons (Fsp3) is 1.00. The van der Waals surface area contributed by atoms with Crippen LogP contribution in [0, 0.1) is 71.0 Å². The van der Waals surface area contributed by atoms with Gasteiger partial charge in [-0.25, -0.2) is 0 Å². The van der Waals surface area contributed by atoms with Crippen molar-refractivity contribution in [2.75, 3.05) is 0 Å². The van der Waals surface area contributed by atoms with Crippen LogP contribution in [0.1, 0.15) is 238 Å². The summed E-state index contributed by atoms with van der Waals surface area (Å²) in [5.41, 5.74) is 0. The molecule has 0 bridgehead atoms. The van der Waals surface area contributed by atoms with Gasteiger partial charge in [-0.1, -0.05) is 160 Å². The topological polar surface area (TPSA) is 0 Å². The Morgan fingerprint density at radius 3 is 0.784 bits per heavy atom. The van der Waals surface area contributed by atoms with E-state index in [0.717, 1.165) is 76.8 Å². The molecule has 3 unspecified atom stereocenters. The molecular formula is C50H89B. The molecule has 0 amide bonds. The largest absolute Gasteiger partial charge is 0.105 e. The average molecular weight is 701 g/mol. The lowest BCUT2D eigenvalue weighted by molar-refractivity contribution is 0.0847. The molecule has 0 radical (unpaired) electrons. The smallest absolute Gasteiger partial charge is 0.0694 e. The molecule has 51 heavy (non-hydrogen) atoms. The van der Waals surface area contributed by atoms with E-state index in [9.17, 15) is 0 Å². The molecule has 1 heteroatoms. The van der Waals surface area contributed by atoms with Crippen molar-refractivity contribution in [1.29, 1.82) is 0 Å². The van der Waals surface area contributed by atoms with E-state index < -0.39 is 0 Å². The van der Waals surface area contributed by atoms with Crippen LogP contribution in [0.15, 0.2) is 0 Å². The van der Waals surface area contributed by atoms with Gasteiger partial charge in [0.15, 0.2) is 0 Å². The van der Waals surface area contributed by atoms with Gasteiger partial charge in [-0.05, 0) is 154 Å². The summed E-state index contributed by atoms with van der Waals surface area (Å²) in [4.78, 5) is 0. The first-order valence-electron chi connectivity index (χ1n) is 25.2. The Morgan fingerprint density at radius 2 is 0.412 bits per heavy atom. The lowest BCUT2D eigenvalue weighted by Crippen LogP contribution is -2.32. The second kappa shape index (κ2) is 20.8. The normalized spacial score (nSPS) is 42.9. The second-order valence-electron chi connectivity index (χ2n) is 21.6. The summed E-state index contributed by atoms with van der Waals surface area (Å²) in [6.07, 6.45) is 58.2. The molecule has 0 saturated heterocycles. The number of hydrogen-bond acceptors (Lipinski definition) is 0. The Morgan fingerprint density at radius 1 is 0.176 bits per heavy atom. The Labute approximate surface area is 321 Å². The van der Waals surface area contributed by atoms with Gasteiger partial charge in [0.05, 0.1) is 0 Å². The van der Waals surface area contributed by atoms with Gasteiger partial charge in [-0.3, -0.25) is 0 Å². The standard InChI is InChI=1S/C50H89B/c51-50-23-13-22-48(46-32-28-43(29-33-46)39-16-9-5-2-6-10-17-39)36-49(37-50)47-34-30-45(31-35-47)41-20-11-18-40(19-12-21-41)44-26-24-42(25-27-44)38-14-7-3-1-4-8-15-38/h38-50H,1-37,51H2. The summed E-state index contributed by atoms with van der Waals surface area (Å²) in [5.74, 6) is 14.0. The molecular weight excluding hydrogens is 611 g/mol. The molecule has 0 heterocycles. The highest BCUT2D eigenvalue weighted by molar-refractivity contribution is 6.11. The third-order valence-electron chi connectivity index (χ3n) is 18.6. The maximum atomic E-state index is 2.63. The zero-order valence-corrected chi connectivity index (χ0v) is 34.7. The van der Waals surface area contributed by atoms with E-state index in [1.807, 2.05) is 0 Å². The van der Waals surface area contributed by atoms with Gasteiger partial charge in [-0.15, -0.1) is 0 Å². The van der Waals surface area contributed by atoms with Crippen molar-refractivity contribution in [3.8, 4) is 0 Å². The minimum atomic E-state index is 0.985. The molecule has 0 N–H and O–H groups in total. The maximum absolute atomic E-state index is 2.63. The van der Waals surface area contributed by atoms with Gasteiger partial charge in [-0.2, -0.15) is 0 Å². The Bertz CT molecular complexity index is 907. The van der Waals surface area contributed by atoms with E-state index in [0.29, 0.717) is 0 Å². The van der Waals surface area contributed by atoms with Crippen LogP contribution in [0.3, 0.4) is 0 Å². The van der Waals surface area contributed by atoms with E-state index in [1.165, 1.54) is 77.0 Å². The summed E-state index contributed by atoms with van der Waals surface area (Å²) in [6, 6.07) is 0. The number of hydrogen-bond donors (Lipinski definition) is 0. The van der Waals surface area contributed by atoms with Crippen LogP contribution in [-0.4, -0.2) is 7.85 Å². The molecule has 0 aromatic heterocycles. The molecule has 7 aliphatic rings. The van der Waals surface area contributed by atoms with Crippen LogP contribution in [0.4, 0.5) is 0 Å². The molecule has 292 valence electrons. The maximum Gasteiger partial charge on any atom is 0.105 e. The Hall–Kier alpha value is 0.0649. The average Bonchev–Trinajstić information content (AvgIpc) is 3.10. The van der Waals surface area contributed by atoms with Crippen LogP contribution in [0.25, 0.3) is 0 Å². The third-order valence-corrected chi connectivity index (χ3v) is 18.6. The van der Waals surface area contributed by atoms with E-state index in [4.69, 9.17) is 0 Å². The van der Waals surface area contributed by atoms with Gasteiger partial charge >= 0.3 is 0 Å². The van der Waals surface area contributed by atoms with Gasteiger partial charge in [0.1, 0.15) is 7.85 Å². The molecule has 0 nitrogen and oxygen atoms in total. The Kier molecular flexibility index (Phi) is 16.1. The Balaban J connectivity index is 0.831. The van der Waals surface area contributed by atoms with Crippen molar-refractivity contribution in [3.05, 3.63) is 0 Å². The monoisotopic (exact) mass is 701 g/mol. The van der Waals surface area contributed by atoms with Crippen LogP contribution in [0.2, 0.25) is 5.82 Å². The highest BCUT2D eigenvalue weighted by atomic mass is 14.4. The van der Waals surface area contributed by atoms with Crippen LogP contribution in [-0.2, 0) is 0 Å². The predicted octanol–water partition coefficient (Wildman–Crippen LogP) is 15.3. The van der Waals surface area contributed by atoms with Crippen molar-refractivity contribution in [2.24, 2.45) is 71.0 Å². The second-order valence-corrected chi connectivity index (χ2v) is 21.6. The van der Waals surface area contributed by atoms with Gasteiger partial charge in [0.25, 0.3) is 0 Å². The van der Waals surface area contributed by atoms with Crippen molar-refractivity contribution in [1.82, 2.24) is 0 Å². The first-order valence-corrected chi connectivity index (χ1v) is 25.2. The lowest BCUT2D eigenvalue weighted by atomic mass is 9.60. The van der Waals surface area contributed by atoms with Crippen LogP contribution >= 0.6 is 0 Å². The van der Waals surface area contributed by atoms with Crippen LogP contribution < -0.4 is 0 Å². The minimum absolute atomic E-state index is 0.985. The molecule has 7 saturated carbocycles. The highest BCUT2D eigenvalue weighted by Gasteiger charge is 2.38. The van der Waals surface area contributed by atoms with Crippen molar-refractivity contribution >= 4 is 7.85 Å². The third kappa shape index (κ3) is 11.6. The SMILES string of the molecule is BC1CCCC(C2CCC(C3CCCCCCC3)CC2)CC(C2CCC(C3CCCC(C4CCC(C5CCCCCCC5)CC4)CCC3)CC2)C1. The molecule has 0 spiro atoms. The summed E-state index contributed by atoms with van der Waals surface area (Å²) in [7, 11) is 2.63. The molecule has 7 rings (SSSR count). The van der Waals surface area contributed by atoms with E-state index in [-0.39, 0.29) is 0 Å². The van der Waals surface area contributed by atoms with Crippen molar-refractivity contribution in [3.63, 3.8) is 0 Å². The van der Waals surface area contributed by atoms with E-state index in [2.05, 4.69) is 7.85 Å². The van der Waals surface area contributed by atoms with Gasteiger partial charge in [0.2, 0.25) is 0 Å². The fourth-order valence-electron chi connectivity index (χ4n) is 15.5. The van der Waals surface area contributed by atoms with E-state index >= 15 is 0 Å². The minimum Gasteiger partial charge on any atom is -0.0694 e. The molecule has 0 aromatic carbocycles. The van der Waals surface area contributed by atoms with Crippen molar-refractivity contribution in [2.45, 2.75) is 243 Å². The number of rotatable bonds is 6. The summed E-state index contributed by atoms with van der Waals surface area (Å²) in [6.45, 7) is 0. The first-order chi connectivity index (χ1) is 25.2. The molecule has 0 aliphatic heterocycles. The molecule has 0 aromatic rings. The van der Waals surface area contributed by atoms with Crippen LogP contribution in [0.5, 0.6) is 0 Å². The summed E-state index contributed by atoms with van der Waals surface area (Å²) < 4.78 is 0. The zero-order valence-electron chi connectivity index (χ0n) is 34.7. The molecule has 7 fully saturated rings. The summed E-state index contributed by atoms with van der Waals surface area (Å²) >= 11 is 0. The predicted molar refractivity (Wildman–Crippen MR) is 225 cm³/mol. The first kappa shape index (κ1) is 39.3. The van der Waals surface area contributed by atoms with E-state index in [1.54, 1.807) is 161 Å². The molecule has 3 atom stereocenters. The quantitative estimate of drug-likeness (QED) is 0.242. The zero-order chi connectivity index (χ0) is 34.7. The molecule has 7 aliphatic carbocycles. The van der Waals surface area contributed by atoms with Gasteiger partial charge in [0, 0.05) is 0 Å².